The number of aliphatic carboxylic acids is 1. The first-order valence-corrected chi connectivity index (χ1v) is 8.88. The van der Waals surface area contributed by atoms with E-state index in [2.05, 4.69) is 10.3 Å². The van der Waals surface area contributed by atoms with Crippen molar-refractivity contribution in [1.82, 2.24) is 10.3 Å². The number of carboxylic acids is 1. The molecule has 6 heteroatoms. The molecule has 0 atom stereocenters. The Labute approximate surface area is 134 Å². The Kier molecular flexibility index (Phi) is 4.47. The Morgan fingerprint density at radius 1 is 1.23 bits per heavy atom. The summed E-state index contributed by atoms with van der Waals surface area (Å²) in [5.41, 5.74) is 0.446. The van der Waals surface area contributed by atoms with E-state index in [0.717, 1.165) is 30.7 Å². The van der Waals surface area contributed by atoms with Crippen LogP contribution in [0.3, 0.4) is 0 Å². The average molecular weight is 322 g/mol. The van der Waals surface area contributed by atoms with Crippen LogP contribution in [-0.2, 0) is 28.9 Å². The first-order valence-electron chi connectivity index (χ1n) is 8.07. The highest BCUT2D eigenvalue weighted by molar-refractivity contribution is 7.11. The third-order valence-electron chi connectivity index (χ3n) is 4.81. The van der Waals surface area contributed by atoms with E-state index in [0.29, 0.717) is 19.4 Å². The summed E-state index contributed by atoms with van der Waals surface area (Å²) >= 11 is 1.76. The van der Waals surface area contributed by atoms with Gasteiger partial charge in [-0.15, -0.1) is 11.3 Å². The van der Waals surface area contributed by atoms with Crippen LogP contribution < -0.4 is 5.32 Å². The van der Waals surface area contributed by atoms with Crippen LogP contribution >= 0.6 is 11.3 Å². The Hall–Kier alpha value is -1.43. The zero-order valence-electron chi connectivity index (χ0n) is 12.7. The highest BCUT2D eigenvalue weighted by atomic mass is 32.1. The smallest absolute Gasteiger partial charge is 0.310 e. The van der Waals surface area contributed by atoms with Gasteiger partial charge in [0.2, 0.25) is 5.91 Å². The molecule has 22 heavy (non-hydrogen) atoms. The number of fused-ring (bicyclic) bond motifs is 1. The van der Waals surface area contributed by atoms with E-state index in [1.54, 1.807) is 11.3 Å². The number of carbonyl (C=O) groups excluding carboxylic acids is 1. The molecule has 1 saturated carbocycles. The van der Waals surface area contributed by atoms with E-state index in [-0.39, 0.29) is 12.3 Å². The second-order valence-electron chi connectivity index (χ2n) is 6.40. The van der Waals surface area contributed by atoms with Crippen LogP contribution in [0.1, 0.15) is 54.1 Å². The Morgan fingerprint density at radius 2 is 2.00 bits per heavy atom. The molecule has 1 amide bonds. The van der Waals surface area contributed by atoms with Gasteiger partial charge in [-0.1, -0.05) is 6.42 Å². The van der Waals surface area contributed by atoms with E-state index < -0.39 is 11.4 Å². The molecule has 2 N–H and O–H groups in total. The lowest BCUT2D eigenvalue weighted by Gasteiger charge is -2.36. The number of aryl methyl sites for hydroxylation is 2. The highest BCUT2D eigenvalue weighted by Crippen LogP contribution is 2.44. The molecule has 1 aromatic heterocycles. The van der Waals surface area contributed by atoms with Gasteiger partial charge in [0.1, 0.15) is 0 Å². The Morgan fingerprint density at radius 3 is 2.64 bits per heavy atom. The number of nitrogens with zero attached hydrogens (tertiary/aromatic N) is 1. The van der Waals surface area contributed by atoms with Crippen LogP contribution in [-0.4, -0.2) is 28.5 Å². The van der Waals surface area contributed by atoms with Crippen molar-refractivity contribution in [3.05, 3.63) is 15.6 Å². The van der Waals surface area contributed by atoms with Crippen molar-refractivity contribution in [1.29, 1.82) is 0 Å². The number of carbonyl (C=O) groups is 2. The SMILES string of the molecule is O=C(CC1(C(=O)O)CCC1)NCCc1nc2c(s1)CCCC2. The summed E-state index contributed by atoms with van der Waals surface area (Å²) in [5, 5.41) is 13.2. The van der Waals surface area contributed by atoms with Crippen molar-refractivity contribution >= 4 is 23.2 Å². The predicted octanol–water partition coefficient (Wildman–Crippen LogP) is 2.33. The van der Waals surface area contributed by atoms with Crippen LogP contribution in [0.4, 0.5) is 0 Å². The molecule has 1 aromatic rings. The first-order chi connectivity index (χ1) is 10.6. The van der Waals surface area contributed by atoms with E-state index in [9.17, 15) is 14.7 Å². The molecule has 0 bridgehead atoms. The molecule has 2 aliphatic rings. The largest absolute Gasteiger partial charge is 0.481 e. The topological polar surface area (TPSA) is 79.3 Å². The number of hydrogen-bond acceptors (Lipinski definition) is 4. The number of carboxylic acid groups (broad SMARTS) is 1. The third-order valence-corrected chi connectivity index (χ3v) is 6.03. The molecule has 0 aromatic carbocycles. The summed E-state index contributed by atoms with van der Waals surface area (Å²) < 4.78 is 0. The van der Waals surface area contributed by atoms with Crippen LogP contribution in [0.15, 0.2) is 0 Å². The lowest BCUT2D eigenvalue weighted by molar-refractivity contribution is -0.157. The van der Waals surface area contributed by atoms with E-state index in [1.165, 1.54) is 23.4 Å². The molecule has 0 aliphatic heterocycles. The summed E-state index contributed by atoms with van der Waals surface area (Å²) in [6.45, 7) is 0.543. The lowest BCUT2D eigenvalue weighted by atomic mass is 9.66. The van der Waals surface area contributed by atoms with Crippen LogP contribution in [0.5, 0.6) is 0 Å². The van der Waals surface area contributed by atoms with E-state index >= 15 is 0 Å². The fourth-order valence-corrected chi connectivity index (χ4v) is 4.42. The van der Waals surface area contributed by atoms with Crippen LogP contribution in [0.2, 0.25) is 0 Å². The van der Waals surface area contributed by atoms with Crippen molar-refractivity contribution in [2.45, 2.75) is 57.8 Å². The van der Waals surface area contributed by atoms with Gasteiger partial charge in [0.05, 0.1) is 16.1 Å². The fraction of sp³-hybridized carbons (Fsp3) is 0.688. The number of amides is 1. The van der Waals surface area contributed by atoms with Crippen molar-refractivity contribution < 1.29 is 14.7 Å². The van der Waals surface area contributed by atoms with Gasteiger partial charge in [-0.25, -0.2) is 4.98 Å². The number of nitrogens with one attached hydrogen (secondary N) is 1. The lowest BCUT2D eigenvalue weighted by Crippen LogP contribution is -2.42. The van der Waals surface area contributed by atoms with Crippen molar-refractivity contribution in [2.24, 2.45) is 5.41 Å². The van der Waals surface area contributed by atoms with Crippen LogP contribution in [0.25, 0.3) is 0 Å². The molecule has 3 rings (SSSR count). The van der Waals surface area contributed by atoms with Gasteiger partial charge < -0.3 is 10.4 Å². The number of aromatic nitrogens is 1. The van der Waals surface area contributed by atoms with Crippen molar-refractivity contribution in [2.75, 3.05) is 6.54 Å². The third kappa shape index (κ3) is 3.16. The van der Waals surface area contributed by atoms with Gasteiger partial charge in [-0.05, 0) is 38.5 Å². The molecule has 120 valence electrons. The first kappa shape index (κ1) is 15.5. The van der Waals surface area contributed by atoms with Crippen LogP contribution in [0, 0.1) is 5.41 Å². The zero-order chi connectivity index (χ0) is 15.6. The number of thiazole rings is 1. The normalized spacial score (nSPS) is 19.1. The molecular formula is C16H22N2O3S. The zero-order valence-corrected chi connectivity index (χ0v) is 13.5. The molecule has 1 fully saturated rings. The molecule has 0 radical (unpaired) electrons. The minimum atomic E-state index is -0.832. The summed E-state index contributed by atoms with van der Waals surface area (Å²) in [4.78, 5) is 29.3. The van der Waals surface area contributed by atoms with Gasteiger partial charge in [0.15, 0.2) is 0 Å². The second-order valence-corrected chi connectivity index (χ2v) is 7.57. The maximum Gasteiger partial charge on any atom is 0.310 e. The molecule has 5 nitrogen and oxygen atoms in total. The quantitative estimate of drug-likeness (QED) is 0.842. The predicted molar refractivity (Wildman–Crippen MR) is 84.0 cm³/mol. The van der Waals surface area contributed by atoms with Gasteiger partial charge >= 0.3 is 5.97 Å². The van der Waals surface area contributed by atoms with E-state index in [4.69, 9.17) is 0 Å². The van der Waals surface area contributed by atoms with Crippen molar-refractivity contribution in [3.63, 3.8) is 0 Å². The molecule has 2 aliphatic carbocycles. The fourth-order valence-electron chi connectivity index (χ4n) is 3.26. The molecule has 0 spiro atoms. The van der Waals surface area contributed by atoms with Gasteiger partial charge in [0.25, 0.3) is 0 Å². The average Bonchev–Trinajstić information content (AvgIpc) is 2.85. The van der Waals surface area contributed by atoms with Gasteiger partial charge in [-0.2, -0.15) is 0 Å². The number of hydrogen-bond donors (Lipinski definition) is 2. The van der Waals surface area contributed by atoms with E-state index in [1.807, 2.05) is 0 Å². The highest BCUT2D eigenvalue weighted by Gasteiger charge is 2.45. The standard InChI is InChI=1S/C16H22N2O3S/c19-13(10-16(15(20)21)7-3-8-16)17-9-6-14-18-11-4-1-2-5-12(11)22-14/h1-10H2,(H,17,19)(H,20,21). The molecule has 0 saturated heterocycles. The maximum atomic E-state index is 11.9. The summed E-state index contributed by atoms with van der Waals surface area (Å²) in [6.07, 6.45) is 7.70. The van der Waals surface area contributed by atoms with Gasteiger partial charge in [-0.3, -0.25) is 9.59 Å². The number of rotatable bonds is 6. The minimum Gasteiger partial charge on any atom is -0.481 e. The maximum absolute atomic E-state index is 11.9. The Balaban J connectivity index is 1.45. The molecule has 0 unspecified atom stereocenters. The minimum absolute atomic E-state index is 0.108. The summed E-state index contributed by atoms with van der Waals surface area (Å²) in [7, 11) is 0. The summed E-state index contributed by atoms with van der Waals surface area (Å²) in [5.74, 6) is -0.982. The van der Waals surface area contributed by atoms with Crippen molar-refractivity contribution in [3.8, 4) is 0 Å². The monoisotopic (exact) mass is 322 g/mol. The summed E-state index contributed by atoms with van der Waals surface area (Å²) in [6, 6.07) is 0. The molecule has 1 heterocycles. The van der Waals surface area contributed by atoms with Gasteiger partial charge in [0, 0.05) is 24.3 Å². The Bertz CT molecular complexity index is 554. The molecular weight excluding hydrogens is 300 g/mol. The second kappa shape index (κ2) is 6.36.